The second-order valence-electron chi connectivity index (χ2n) is 4.07. The zero-order valence-corrected chi connectivity index (χ0v) is 11.6. The van der Waals surface area contributed by atoms with Crippen LogP contribution in [0.15, 0.2) is 16.6 Å². The van der Waals surface area contributed by atoms with Crippen molar-refractivity contribution >= 4 is 27.5 Å². The van der Waals surface area contributed by atoms with E-state index in [1.807, 2.05) is 0 Å². The molecule has 3 nitrogen and oxygen atoms in total. The number of nitrogens with one attached hydrogen (secondary N) is 1. The summed E-state index contributed by atoms with van der Waals surface area (Å²) in [6.07, 6.45) is 1.28. The molecule has 0 spiro atoms. The van der Waals surface area contributed by atoms with Crippen molar-refractivity contribution < 1.29 is 13.6 Å². The van der Waals surface area contributed by atoms with Gasteiger partial charge in [0.1, 0.15) is 5.69 Å². The maximum absolute atomic E-state index is 13.5. The molecule has 0 fully saturated rings. The number of hydrogen-bond acceptors (Lipinski definition) is 2. The van der Waals surface area contributed by atoms with E-state index in [1.165, 1.54) is 0 Å². The van der Waals surface area contributed by atoms with E-state index in [9.17, 15) is 13.6 Å². The van der Waals surface area contributed by atoms with Crippen molar-refractivity contribution in [1.29, 1.82) is 0 Å². The average molecular weight is 321 g/mol. The first-order valence-electron chi connectivity index (χ1n) is 5.61. The first-order valence-corrected chi connectivity index (χ1v) is 6.40. The molecule has 0 aliphatic heterocycles. The first kappa shape index (κ1) is 15.0. The lowest BCUT2D eigenvalue weighted by atomic mass is 10.0. The molecule has 1 aromatic carbocycles. The summed E-state index contributed by atoms with van der Waals surface area (Å²) in [5.41, 5.74) is 4.92. The molecule has 1 unspecified atom stereocenters. The Morgan fingerprint density at radius 2 is 2.00 bits per heavy atom. The van der Waals surface area contributed by atoms with Gasteiger partial charge in [0, 0.05) is 10.4 Å². The van der Waals surface area contributed by atoms with Gasteiger partial charge >= 0.3 is 0 Å². The van der Waals surface area contributed by atoms with E-state index in [2.05, 4.69) is 21.2 Å². The summed E-state index contributed by atoms with van der Waals surface area (Å²) in [7, 11) is 0. The van der Waals surface area contributed by atoms with Crippen LogP contribution in [0.4, 0.5) is 14.5 Å². The molecule has 0 aliphatic rings. The van der Waals surface area contributed by atoms with Gasteiger partial charge in [0.05, 0.1) is 0 Å². The molecule has 0 heterocycles. The third kappa shape index (κ3) is 4.03. The fourth-order valence-electron chi connectivity index (χ4n) is 1.46. The van der Waals surface area contributed by atoms with Gasteiger partial charge in [-0.15, -0.1) is 0 Å². The Hall–Kier alpha value is -1.01. The molecule has 3 N–H and O–H groups in total. The Balaban J connectivity index is 2.76. The van der Waals surface area contributed by atoms with Crippen molar-refractivity contribution in [3.05, 3.63) is 28.2 Å². The second-order valence-corrected chi connectivity index (χ2v) is 4.98. The van der Waals surface area contributed by atoms with Crippen LogP contribution in [-0.4, -0.2) is 12.5 Å². The molecule has 0 aliphatic carbocycles. The number of amides is 1. The number of hydrogen-bond donors (Lipinski definition) is 2. The van der Waals surface area contributed by atoms with Crippen LogP contribution in [0.1, 0.15) is 19.8 Å². The number of carbonyl (C=O) groups is 1. The lowest BCUT2D eigenvalue weighted by Crippen LogP contribution is -2.22. The fourth-order valence-corrected chi connectivity index (χ4v) is 1.87. The van der Waals surface area contributed by atoms with Gasteiger partial charge in [-0.25, -0.2) is 8.78 Å². The van der Waals surface area contributed by atoms with Crippen molar-refractivity contribution in [2.45, 2.75) is 19.8 Å². The van der Waals surface area contributed by atoms with Crippen LogP contribution in [0.3, 0.4) is 0 Å². The molecular formula is C12H15BrF2N2O. The summed E-state index contributed by atoms with van der Waals surface area (Å²) in [4.78, 5) is 11.7. The maximum Gasteiger partial charge on any atom is 0.227 e. The van der Waals surface area contributed by atoms with Crippen molar-refractivity contribution in [2.24, 2.45) is 11.7 Å². The highest BCUT2D eigenvalue weighted by Crippen LogP contribution is 2.24. The Kier molecular flexibility index (Phi) is 5.68. The van der Waals surface area contributed by atoms with Gasteiger partial charge < -0.3 is 11.1 Å². The van der Waals surface area contributed by atoms with Crippen molar-refractivity contribution in [2.75, 3.05) is 11.9 Å². The van der Waals surface area contributed by atoms with Gasteiger partial charge in [0.25, 0.3) is 0 Å². The zero-order chi connectivity index (χ0) is 13.7. The minimum atomic E-state index is -0.804. The van der Waals surface area contributed by atoms with Gasteiger partial charge in [-0.3, -0.25) is 4.79 Å². The molecule has 18 heavy (non-hydrogen) atoms. The van der Waals surface area contributed by atoms with Crippen molar-refractivity contribution in [3.8, 4) is 0 Å². The van der Waals surface area contributed by atoms with Crippen LogP contribution in [0.2, 0.25) is 0 Å². The number of nitrogens with two attached hydrogens (primary N) is 1. The summed E-state index contributed by atoms with van der Waals surface area (Å²) >= 11 is 2.97. The summed E-state index contributed by atoms with van der Waals surface area (Å²) in [6, 6.07) is 2.20. The van der Waals surface area contributed by atoms with Crippen molar-refractivity contribution in [1.82, 2.24) is 0 Å². The van der Waals surface area contributed by atoms with Crippen LogP contribution < -0.4 is 11.1 Å². The molecule has 1 amide bonds. The molecule has 1 rings (SSSR count). The zero-order valence-electron chi connectivity index (χ0n) is 9.97. The van der Waals surface area contributed by atoms with E-state index < -0.39 is 23.2 Å². The summed E-state index contributed by atoms with van der Waals surface area (Å²) in [5.74, 6) is -2.36. The van der Waals surface area contributed by atoms with Crippen LogP contribution >= 0.6 is 15.9 Å². The van der Waals surface area contributed by atoms with Crippen molar-refractivity contribution in [3.63, 3.8) is 0 Å². The third-order valence-corrected chi connectivity index (χ3v) is 3.00. The highest BCUT2D eigenvalue weighted by atomic mass is 79.9. The van der Waals surface area contributed by atoms with E-state index in [0.29, 0.717) is 19.4 Å². The molecule has 0 bridgehead atoms. The van der Waals surface area contributed by atoms with Gasteiger partial charge in [-0.1, -0.05) is 22.9 Å². The summed E-state index contributed by atoms with van der Waals surface area (Å²) in [5, 5.41) is 2.26. The molecule has 100 valence electrons. The fraction of sp³-hybridized carbons (Fsp3) is 0.417. The minimum Gasteiger partial charge on any atom is -0.330 e. The van der Waals surface area contributed by atoms with Crippen LogP contribution in [0, 0.1) is 17.6 Å². The smallest absolute Gasteiger partial charge is 0.227 e. The normalized spacial score (nSPS) is 12.3. The molecule has 6 heteroatoms. The van der Waals surface area contributed by atoms with Gasteiger partial charge in [-0.2, -0.15) is 0 Å². The van der Waals surface area contributed by atoms with E-state index >= 15 is 0 Å². The topological polar surface area (TPSA) is 55.1 Å². The molecule has 0 aromatic heterocycles. The van der Waals surface area contributed by atoms with Crippen LogP contribution in [0.25, 0.3) is 0 Å². The third-order valence-electron chi connectivity index (χ3n) is 2.54. The average Bonchev–Trinajstić information content (AvgIpc) is 2.30. The van der Waals surface area contributed by atoms with E-state index in [-0.39, 0.29) is 10.4 Å². The molecular weight excluding hydrogens is 306 g/mol. The second kappa shape index (κ2) is 6.80. The molecule has 1 atom stereocenters. The Bertz CT molecular complexity index is 417. The van der Waals surface area contributed by atoms with E-state index in [4.69, 9.17) is 5.73 Å². The number of anilines is 1. The molecule has 0 saturated heterocycles. The largest absolute Gasteiger partial charge is 0.330 e. The standard InChI is InChI=1S/C12H15BrF2N2O/c1-7(3-2-4-16)12(18)17-11-9(14)5-8(13)6-10(11)15/h5-7H,2-4,16H2,1H3,(H,17,18). The number of carbonyl (C=O) groups excluding carboxylic acids is 1. The quantitative estimate of drug-likeness (QED) is 0.876. The first-order chi connectivity index (χ1) is 8.45. The molecule has 0 saturated carbocycles. The SMILES string of the molecule is CC(CCCN)C(=O)Nc1c(F)cc(Br)cc1F. The lowest BCUT2D eigenvalue weighted by molar-refractivity contribution is -0.119. The Labute approximate surface area is 113 Å². The minimum absolute atomic E-state index is 0.284. The molecule has 1 aromatic rings. The highest BCUT2D eigenvalue weighted by Gasteiger charge is 2.17. The summed E-state index contributed by atoms with van der Waals surface area (Å²) in [6.45, 7) is 2.18. The van der Waals surface area contributed by atoms with E-state index in [1.54, 1.807) is 6.92 Å². The van der Waals surface area contributed by atoms with Gasteiger partial charge in [0.15, 0.2) is 11.6 Å². The number of halogens is 3. The lowest BCUT2D eigenvalue weighted by Gasteiger charge is -2.13. The van der Waals surface area contributed by atoms with E-state index in [0.717, 1.165) is 12.1 Å². The maximum atomic E-state index is 13.5. The summed E-state index contributed by atoms with van der Waals surface area (Å²) < 4.78 is 27.2. The van der Waals surface area contributed by atoms with Crippen LogP contribution in [-0.2, 0) is 4.79 Å². The number of benzene rings is 1. The predicted octanol–water partition coefficient (Wildman–Crippen LogP) is 3.04. The highest BCUT2D eigenvalue weighted by molar-refractivity contribution is 9.10. The number of rotatable bonds is 5. The monoisotopic (exact) mass is 320 g/mol. The Morgan fingerprint density at radius 3 is 2.50 bits per heavy atom. The van der Waals surface area contributed by atoms with Crippen LogP contribution in [0.5, 0.6) is 0 Å². The molecule has 0 radical (unpaired) electrons. The predicted molar refractivity (Wildman–Crippen MR) is 70.1 cm³/mol. The van der Waals surface area contributed by atoms with Gasteiger partial charge in [0.2, 0.25) is 5.91 Å². The van der Waals surface area contributed by atoms with Gasteiger partial charge in [-0.05, 0) is 31.5 Å². The Morgan fingerprint density at radius 1 is 1.44 bits per heavy atom.